The van der Waals surface area contributed by atoms with Crippen molar-refractivity contribution in [1.82, 2.24) is 24.7 Å². The number of hydrogen-bond acceptors (Lipinski definition) is 8. The number of benzene rings is 2. The molecule has 2 aromatic carbocycles. The van der Waals surface area contributed by atoms with Gasteiger partial charge in [-0.2, -0.15) is 0 Å². The number of nitrogens with zero attached hydrogens (tertiary/aromatic N) is 5. The van der Waals surface area contributed by atoms with Gasteiger partial charge in [-0.1, -0.05) is 60.7 Å². The number of fused-ring (bicyclic) bond motifs is 1. The quantitative estimate of drug-likeness (QED) is 0.359. The zero-order valence-electron chi connectivity index (χ0n) is 22.1. The van der Waals surface area contributed by atoms with E-state index in [1.807, 2.05) is 0 Å². The van der Waals surface area contributed by atoms with E-state index < -0.39 is 0 Å². The van der Waals surface area contributed by atoms with Gasteiger partial charge in [0, 0.05) is 56.8 Å². The van der Waals surface area contributed by atoms with Gasteiger partial charge >= 0.3 is 0 Å². The molecule has 0 bridgehead atoms. The Labute approximate surface area is 229 Å². The highest BCUT2D eigenvalue weighted by Gasteiger charge is 2.23. The molecule has 7 nitrogen and oxygen atoms in total. The lowest BCUT2D eigenvalue weighted by atomic mass is 10.0. The van der Waals surface area contributed by atoms with Gasteiger partial charge in [-0.15, -0.1) is 11.3 Å². The van der Waals surface area contributed by atoms with Crippen LogP contribution in [-0.2, 0) is 11.3 Å². The topological polar surface area (TPSA) is 56.8 Å². The molecular weight excluding hydrogens is 492 g/mol. The van der Waals surface area contributed by atoms with Gasteiger partial charge < -0.3 is 15.0 Å². The van der Waals surface area contributed by atoms with E-state index in [0.717, 1.165) is 87.4 Å². The molecule has 1 N–H and O–H groups in total. The molecule has 0 radical (unpaired) electrons. The summed E-state index contributed by atoms with van der Waals surface area (Å²) in [6.45, 7) is 9.41. The van der Waals surface area contributed by atoms with Crippen molar-refractivity contribution in [2.24, 2.45) is 0 Å². The van der Waals surface area contributed by atoms with Crippen LogP contribution < -0.4 is 5.32 Å². The third kappa shape index (κ3) is 5.90. The van der Waals surface area contributed by atoms with Gasteiger partial charge in [0.15, 0.2) is 0 Å². The first-order chi connectivity index (χ1) is 18.7. The van der Waals surface area contributed by atoms with Crippen molar-refractivity contribution in [3.05, 3.63) is 77.4 Å². The van der Waals surface area contributed by atoms with Gasteiger partial charge in [-0.05, 0) is 18.2 Å². The Kier molecular flexibility index (Phi) is 7.94. The third-order valence-corrected chi connectivity index (χ3v) is 8.46. The molecule has 2 fully saturated rings. The van der Waals surface area contributed by atoms with Crippen molar-refractivity contribution in [1.29, 1.82) is 0 Å². The summed E-state index contributed by atoms with van der Waals surface area (Å²) in [5.41, 5.74) is 3.67. The second-order valence-corrected chi connectivity index (χ2v) is 11.1. The Bertz CT molecular complexity index is 1320. The van der Waals surface area contributed by atoms with Crippen LogP contribution in [0.2, 0.25) is 0 Å². The van der Waals surface area contributed by atoms with Crippen LogP contribution >= 0.6 is 11.3 Å². The van der Waals surface area contributed by atoms with E-state index in [1.54, 1.807) is 11.3 Å². The van der Waals surface area contributed by atoms with Gasteiger partial charge in [0.05, 0.1) is 31.2 Å². The Morgan fingerprint density at radius 3 is 2.32 bits per heavy atom. The third-order valence-electron chi connectivity index (χ3n) is 7.58. The Morgan fingerprint density at radius 1 is 0.868 bits per heavy atom. The summed E-state index contributed by atoms with van der Waals surface area (Å²) in [6.07, 6.45) is 0. The highest BCUT2D eigenvalue weighted by atomic mass is 32.1. The number of hydrogen-bond donors (Lipinski definition) is 1. The van der Waals surface area contributed by atoms with E-state index >= 15 is 0 Å². The van der Waals surface area contributed by atoms with Crippen molar-refractivity contribution < 1.29 is 4.74 Å². The molecule has 2 aliphatic heterocycles. The van der Waals surface area contributed by atoms with E-state index in [9.17, 15) is 0 Å². The zero-order chi connectivity index (χ0) is 25.7. The van der Waals surface area contributed by atoms with E-state index in [1.165, 1.54) is 16.7 Å². The SMILES string of the molecule is CN1CCN(CC(Nc2nc(CN3CCOCC3)nc3scc(-c4ccccc4)c23)c2ccccc2)CC1. The Balaban J connectivity index is 1.38. The molecule has 1 atom stereocenters. The maximum Gasteiger partial charge on any atom is 0.146 e. The molecule has 4 aromatic rings. The van der Waals surface area contributed by atoms with E-state index in [-0.39, 0.29) is 6.04 Å². The van der Waals surface area contributed by atoms with Crippen LogP contribution in [0.15, 0.2) is 66.0 Å². The number of aromatic nitrogens is 2. The summed E-state index contributed by atoms with van der Waals surface area (Å²) in [5.74, 6) is 1.80. The summed E-state index contributed by atoms with van der Waals surface area (Å²) >= 11 is 1.71. The van der Waals surface area contributed by atoms with Crippen LogP contribution in [0.3, 0.4) is 0 Å². The van der Waals surface area contributed by atoms with Gasteiger partial charge in [0.1, 0.15) is 16.5 Å². The molecule has 4 heterocycles. The van der Waals surface area contributed by atoms with E-state index in [0.29, 0.717) is 0 Å². The van der Waals surface area contributed by atoms with Crippen LogP contribution in [0.4, 0.5) is 5.82 Å². The summed E-state index contributed by atoms with van der Waals surface area (Å²) in [7, 11) is 2.21. The molecule has 0 spiro atoms. The molecular formula is C30H36N6OS. The molecule has 38 heavy (non-hydrogen) atoms. The second kappa shape index (κ2) is 11.9. The lowest BCUT2D eigenvalue weighted by molar-refractivity contribution is 0.0331. The summed E-state index contributed by atoms with van der Waals surface area (Å²) < 4.78 is 5.56. The lowest BCUT2D eigenvalue weighted by Gasteiger charge is -2.35. The van der Waals surface area contributed by atoms with Crippen molar-refractivity contribution in [2.75, 3.05) is 71.4 Å². The fraction of sp³-hybridized carbons (Fsp3) is 0.400. The average molecular weight is 529 g/mol. The molecule has 0 amide bonds. The predicted molar refractivity (Wildman–Crippen MR) is 156 cm³/mol. The first kappa shape index (κ1) is 25.4. The molecule has 198 valence electrons. The maximum absolute atomic E-state index is 5.56. The zero-order valence-corrected chi connectivity index (χ0v) is 22.9. The standard InChI is InChI=1S/C30H36N6OS/c1-34-12-14-35(15-13-34)20-26(24-10-6-3-7-11-24)31-29-28-25(23-8-4-2-5-9-23)22-38-30(28)33-27(32-29)21-36-16-18-37-19-17-36/h2-11,22,26H,12-21H2,1H3,(H,31,32,33). The molecule has 0 aliphatic carbocycles. The van der Waals surface area contributed by atoms with Crippen LogP contribution in [-0.4, -0.2) is 90.7 Å². The minimum Gasteiger partial charge on any atom is -0.379 e. The number of anilines is 1. The summed E-state index contributed by atoms with van der Waals surface area (Å²) in [4.78, 5) is 18.7. The fourth-order valence-corrected chi connectivity index (χ4v) is 6.29. The first-order valence-corrected chi connectivity index (χ1v) is 14.5. The molecule has 6 rings (SSSR count). The number of rotatable bonds is 8. The monoisotopic (exact) mass is 528 g/mol. The van der Waals surface area contributed by atoms with Crippen LogP contribution in [0.5, 0.6) is 0 Å². The van der Waals surface area contributed by atoms with Crippen molar-refractivity contribution >= 4 is 27.4 Å². The predicted octanol–water partition coefficient (Wildman–Crippen LogP) is 4.59. The van der Waals surface area contributed by atoms with Gasteiger partial charge in [0.25, 0.3) is 0 Å². The van der Waals surface area contributed by atoms with Gasteiger partial charge in [0.2, 0.25) is 0 Å². The van der Waals surface area contributed by atoms with Gasteiger partial charge in [-0.3, -0.25) is 9.80 Å². The van der Waals surface area contributed by atoms with Crippen LogP contribution in [0.25, 0.3) is 21.3 Å². The highest BCUT2D eigenvalue weighted by Crippen LogP contribution is 2.38. The minimum atomic E-state index is 0.123. The average Bonchev–Trinajstić information content (AvgIpc) is 3.40. The number of piperazine rings is 1. The van der Waals surface area contributed by atoms with Crippen LogP contribution in [0.1, 0.15) is 17.4 Å². The molecule has 2 aromatic heterocycles. The molecule has 2 saturated heterocycles. The molecule has 0 saturated carbocycles. The van der Waals surface area contributed by atoms with E-state index in [2.05, 4.69) is 93.1 Å². The lowest BCUT2D eigenvalue weighted by Crippen LogP contribution is -2.46. The molecule has 1 unspecified atom stereocenters. The summed E-state index contributed by atoms with van der Waals surface area (Å²) in [5, 5.41) is 7.28. The fourth-order valence-electron chi connectivity index (χ4n) is 5.32. The normalized spacial score (nSPS) is 18.6. The number of ether oxygens (including phenoxy) is 1. The Hall–Kier alpha value is -2.88. The highest BCUT2D eigenvalue weighted by molar-refractivity contribution is 7.17. The van der Waals surface area contributed by atoms with Crippen molar-refractivity contribution in [3.8, 4) is 11.1 Å². The number of morpholine rings is 1. The van der Waals surface area contributed by atoms with Crippen LogP contribution in [0, 0.1) is 0 Å². The number of thiophene rings is 1. The van der Waals surface area contributed by atoms with Gasteiger partial charge in [-0.25, -0.2) is 9.97 Å². The maximum atomic E-state index is 5.56. The minimum absolute atomic E-state index is 0.123. The van der Waals surface area contributed by atoms with Crippen molar-refractivity contribution in [3.63, 3.8) is 0 Å². The van der Waals surface area contributed by atoms with E-state index in [4.69, 9.17) is 14.7 Å². The number of likely N-dealkylation sites (N-methyl/N-ethyl adjacent to an activating group) is 1. The Morgan fingerprint density at radius 2 is 1.58 bits per heavy atom. The smallest absolute Gasteiger partial charge is 0.146 e. The van der Waals surface area contributed by atoms with Crippen molar-refractivity contribution in [2.45, 2.75) is 12.6 Å². The first-order valence-electron chi connectivity index (χ1n) is 13.6. The summed E-state index contributed by atoms with van der Waals surface area (Å²) in [6, 6.07) is 21.5. The second-order valence-electron chi connectivity index (χ2n) is 10.3. The molecule has 2 aliphatic rings. The number of nitrogens with one attached hydrogen (secondary N) is 1. The molecule has 8 heteroatoms. The largest absolute Gasteiger partial charge is 0.379 e.